The van der Waals surface area contributed by atoms with Crippen LogP contribution < -0.4 is 10.6 Å². The highest BCUT2D eigenvalue weighted by Crippen LogP contribution is 2.15. The van der Waals surface area contributed by atoms with Crippen molar-refractivity contribution in [3.8, 4) is 0 Å². The first-order chi connectivity index (χ1) is 8.70. The molecule has 5 nitrogen and oxygen atoms in total. The van der Waals surface area contributed by atoms with E-state index >= 15 is 0 Å². The van der Waals surface area contributed by atoms with Crippen LogP contribution in [0.4, 0.5) is 0 Å². The van der Waals surface area contributed by atoms with E-state index < -0.39 is 0 Å². The van der Waals surface area contributed by atoms with Gasteiger partial charge in [-0.15, -0.1) is 0 Å². The normalized spacial score (nSPS) is 28.6. The summed E-state index contributed by atoms with van der Waals surface area (Å²) in [5.41, 5.74) is 0. The van der Waals surface area contributed by atoms with Crippen molar-refractivity contribution >= 4 is 11.8 Å². The van der Waals surface area contributed by atoms with Crippen LogP contribution in [0.2, 0.25) is 0 Å². The van der Waals surface area contributed by atoms with Crippen LogP contribution in [-0.4, -0.2) is 48.4 Å². The van der Waals surface area contributed by atoms with E-state index in [1.165, 1.54) is 0 Å². The van der Waals surface area contributed by atoms with Crippen molar-refractivity contribution in [1.29, 1.82) is 0 Å². The van der Waals surface area contributed by atoms with Gasteiger partial charge in [0.25, 0.3) is 0 Å². The molecule has 2 rings (SSSR count). The van der Waals surface area contributed by atoms with E-state index in [4.69, 9.17) is 0 Å². The number of carbonyl (C=O) groups excluding carboxylic acids is 2. The fourth-order valence-corrected chi connectivity index (χ4v) is 2.71. The first kappa shape index (κ1) is 13.3. The minimum Gasteiger partial charge on any atom is -0.352 e. The van der Waals surface area contributed by atoms with Crippen LogP contribution in [0.15, 0.2) is 0 Å². The summed E-state index contributed by atoms with van der Waals surface area (Å²) in [5.74, 6) is 0.320. The third-order valence-corrected chi connectivity index (χ3v) is 3.70. The number of nitrogens with zero attached hydrogens (tertiary/aromatic N) is 1. The summed E-state index contributed by atoms with van der Waals surface area (Å²) in [6, 6.07) is 0.141. The molecule has 2 saturated heterocycles. The Kier molecular flexibility index (Phi) is 4.58. The van der Waals surface area contributed by atoms with E-state index in [1.54, 1.807) is 0 Å². The Balaban J connectivity index is 1.84. The van der Waals surface area contributed by atoms with Gasteiger partial charge in [-0.1, -0.05) is 6.92 Å². The highest BCUT2D eigenvalue weighted by atomic mass is 16.2. The van der Waals surface area contributed by atoms with Gasteiger partial charge in [0.15, 0.2) is 0 Å². The van der Waals surface area contributed by atoms with E-state index in [0.29, 0.717) is 13.0 Å². The Morgan fingerprint density at radius 3 is 2.89 bits per heavy atom. The van der Waals surface area contributed by atoms with Crippen molar-refractivity contribution in [3.05, 3.63) is 0 Å². The number of hydrogen-bond acceptors (Lipinski definition) is 3. The van der Waals surface area contributed by atoms with Gasteiger partial charge in [-0.2, -0.15) is 0 Å². The van der Waals surface area contributed by atoms with Crippen LogP contribution in [0.5, 0.6) is 0 Å². The molecule has 0 bridgehead atoms. The van der Waals surface area contributed by atoms with Crippen molar-refractivity contribution in [2.24, 2.45) is 0 Å². The summed E-state index contributed by atoms with van der Waals surface area (Å²) < 4.78 is 0. The Bertz CT molecular complexity index is 319. The minimum absolute atomic E-state index is 0.0178. The molecule has 0 spiro atoms. The van der Waals surface area contributed by atoms with Crippen LogP contribution in [0.1, 0.15) is 39.0 Å². The maximum atomic E-state index is 12.3. The second-order valence-corrected chi connectivity index (χ2v) is 5.24. The number of amides is 2. The number of likely N-dealkylation sites (tertiary alicyclic amines) is 1. The molecule has 0 aromatic heterocycles. The molecule has 2 amide bonds. The fraction of sp³-hybridized carbons (Fsp3) is 0.846. The summed E-state index contributed by atoms with van der Waals surface area (Å²) in [4.78, 5) is 25.3. The van der Waals surface area contributed by atoms with Crippen LogP contribution in [0, 0.1) is 0 Å². The zero-order chi connectivity index (χ0) is 13.0. The maximum absolute atomic E-state index is 12.3. The smallest absolute Gasteiger partial charge is 0.239 e. The predicted octanol–water partition coefficient (Wildman–Crippen LogP) is 0.256. The number of nitrogens with one attached hydrogen (secondary N) is 2. The average Bonchev–Trinajstić information content (AvgIpc) is 2.76. The van der Waals surface area contributed by atoms with Gasteiger partial charge in [0.1, 0.15) is 0 Å². The van der Waals surface area contributed by atoms with E-state index in [-0.39, 0.29) is 23.9 Å². The lowest BCUT2D eigenvalue weighted by molar-refractivity contribution is -0.136. The third-order valence-electron chi connectivity index (χ3n) is 3.70. The van der Waals surface area contributed by atoms with Crippen LogP contribution in [0.3, 0.4) is 0 Å². The van der Waals surface area contributed by atoms with Gasteiger partial charge < -0.3 is 15.5 Å². The second-order valence-electron chi connectivity index (χ2n) is 5.24. The van der Waals surface area contributed by atoms with Crippen molar-refractivity contribution in [2.75, 3.05) is 19.6 Å². The standard InChI is InChI=1S/C13H23N3O2/c1-2-7-14-11-4-3-8-16(13(11)18)9-10-5-6-12(17)15-10/h10-11,14H,2-9H2,1H3,(H,15,17). The number of rotatable bonds is 5. The lowest BCUT2D eigenvalue weighted by Gasteiger charge is -2.34. The van der Waals surface area contributed by atoms with Crippen molar-refractivity contribution in [1.82, 2.24) is 15.5 Å². The second kappa shape index (κ2) is 6.18. The fourth-order valence-electron chi connectivity index (χ4n) is 2.71. The minimum atomic E-state index is -0.0178. The van der Waals surface area contributed by atoms with E-state index in [9.17, 15) is 9.59 Å². The first-order valence-electron chi connectivity index (χ1n) is 7.02. The molecule has 0 saturated carbocycles. The molecule has 2 N–H and O–H groups in total. The molecule has 2 unspecified atom stereocenters. The lowest BCUT2D eigenvalue weighted by Crippen LogP contribution is -2.53. The summed E-state index contributed by atoms with van der Waals surface area (Å²) in [5, 5.41) is 6.23. The average molecular weight is 253 g/mol. The predicted molar refractivity (Wildman–Crippen MR) is 69.1 cm³/mol. The van der Waals surface area contributed by atoms with Gasteiger partial charge in [0.05, 0.1) is 6.04 Å². The molecular weight excluding hydrogens is 230 g/mol. The number of hydrogen-bond donors (Lipinski definition) is 2. The first-order valence-corrected chi connectivity index (χ1v) is 7.02. The van der Waals surface area contributed by atoms with E-state index in [2.05, 4.69) is 17.6 Å². The molecule has 0 aromatic carbocycles. The van der Waals surface area contributed by atoms with Gasteiger partial charge in [-0.25, -0.2) is 0 Å². The Labute approximate surface area is 108 Å². The summed E-state index contributed by atoms with van der Waals surface area (Å²) in [6.07, 6.45) is 4.49. The van der Waals surface area contributed by atoms with E-state index in [1.807, 2.05) is 4.90 Å². The van der Waals surface area contributed by atoms with Crippen LogP contribution in [-0.2, 0) is 9.59 Å². The molecule has 18 heavy (non-hydrogen) atoms. The SMILES string of the molecule is CCCNC1CCCN(CC2CCC(=O)N2)C1=O. The molecule has 0 aliphatic carbocycles. The Morgan fingerprint density at radius 2 is 2.22 bits per heavy atom. The molecule has 2 heterocycles. The zero-order valence-electron chi connectivity index (χ0n) is 11.1. The molecule has 2 atom stereocenters. The molecular formula is C13H23N3O2. The molecule has 2 fully saturated rings. The molecule has 2 aliphatic rings. The molecule has 5 heteroatoms. The Morgan fingerprint density at radius 1 is 1.39 bits per heavy atom. The molecule has 0 radical (unpaired) electrons. The van der Waals surface area contributed by atoms with Gasteiger partial charge in [0.2, 0.25) is 11.8 Å². The Hall–Kier alpha value is -1.10. The van der Waals surface area contributed by atoms with Crippen LogP contribution in [0.25, 0.3) is 0 Å². The zero-order valence-corrected chi connectivity index (χ0v) is 11.1. The number of piperidine rings is 1. The largest absolute Gasteiger partial charge is 0.352 e. The highest BCUT2D eigenvalue weighted by molar-refractivity contribution is 5.83. The van der Waals surface area contributed by atoms with Crippen LogP contribution >= 0.6 is 0 Å². The summed E-state index contributed by atoms with van der Waals surface area (Å²) in [7, 11) is 0. The van der Waals surface area contributed by atoms with Gasteiger partial charge in [0, 0.05) is 25.6 Å². The quantitative estimate of drug-likeness (QED) is 0.738. The molecule has 0 aromatic rings. The summed E-state index contributed by atoms with van der Waals surface area (Å²) in [6.45, 7) is 4.50. The monoisotopic (exact) mass is 253 g/mol. The van der Waals surface area contributed by atoms with E-state index in [0.717, 1.165) is 38.8 Å². The van der Waals surface area contributed by atoms with Crippen molar-refractivity contribution < 1.29 is 9.59 Å². The topological polar surface area (TPSA) is 61.4 Å². The molecule has 2 aliphatic heterocycles. The van der Waals surface area contributed by atoms with Crippen molar-refractivity contribution in [2.45, 2.75) is 51.1 Å². The summed E-state index contributed by atoms with van der Waals surface area (Å²) >= 11 is 0. The van der Waals surface area contributed by atoms with Gasteiger partial charge in [-0.05, 0) is 32.2 Å². The maximum Gasteiger partial charge on any atom is 0.239 e. The molecule has 102 valence electrons. The lowest BCUT2D eigenvalue weighted by atomic mass is 10.0. The highest BCUT2D eigenvalue weighted by Gasteiger charge is 2.31. The van der Waals surface area contributed by atoms with Gasteiger partial charge in [-0.3, -0.25) is 9.59 Å². The third kappa shape index (κ3) is 3.22. The van der Waals surface area contributed by atoms with Crippen molar-refractivity contribution in [3.63, 3.8) is 0 Å². The van der Waals surface area contributed by atoms with Gasteiger partial charge >= 0.3 is 0 Å². The number of carbonyl (C=O) groups is 2.